The molecule has 8 heavy (non-hydrogen) atoms. The van der Waals surface area contributed by atoms with Gasteiger partial charge in [-0.1, -0.05) is 0 Å². The first kappa shape index (κ1) is 8.71. The Morgan fingerprint density at radius 3 is 1.12 bits per heavy atom. The van der Waals surface area contributed by atoms with E-state index in [4.69, 9.17) is 0 Å². The first-order valence-corrected chi connectivity index (χ1v) is 15.9. The van der Waals surface area contributed by atoms with Crippen molar-refractivity contribution in [3.8, 4) is 0 Å². The van der Waals surface area contributed by atoms with Crippen molar-refractivity contribution in [2.45, 2.75) is 17.2 Å². The third kappa shape index (κ3) is 2.32. The van der Waals surface area contributed by atoms with Crippen LogP contribution in [0.3, 0.4) is 0 Å². The molecule has 0 spiro atoms. The second kappa shape index (κ2) is 2.15. The molecule has 0 atom stereocenters. The summed E-state index contributed by atoms with van der Waals surface area (Å²) in [5, 5.41) is 0. The van der Waals surface area contributed by atoms with E-state index in [1.165, 1.54) is 13.4 Å². The Morgan fingerprint density at radius 2 is 1.12 bits per heavy atom. The van der Waals surface area contributed by atoms with Gasteiger partial charge in [0.25, 0.3) is 0 Å². The van der Waals surface area contributed by atoms with Crippen molar-refractivity contribution in [2.75, 3.05) is 0 Å². The summed E-state index contributed by atoms with van der Waals surface area (Å²) in [6.45, 7) is 0. The fourth-order valence-corrected chi connectivity index (χ4v) is 0. The zero-order valence-corrected chi connectivity index (χ0v) is 9.02. The van der Waals surface area contributed by atoms with Gasteiger partial charge < -0.3 is 0 Å². The summed E-state index contributed by atoms with van der Waals surface area (Å²) < 4.78 is 35.2. The summed E-state index contributed by atoms with van der Waals surface area (Å²) in [7, 11) is 0. The van der Waals surface area contributed by atoms with E-state index >= 15 is 0 Å². The molecule has 0 saturated heterocycles. The van der Waals surface area contributed by atoms with E-state index in [-0.39, 0.29) is 0 Å². The van der Waals surface area contributed by atoms with Crippen LogP contribution in [0.1, 0.15) is 0 Å². The average Bonchev–Trinajstić information content (AvgIpc) is 1.25. The summed E-state index contributed by atoms with van der Waals surface area (Å²) in [5.41, 5.74) is 0. The molecule has 0 rings (SSSR count). The molecule has 0 saturated carbocycles. The van der Waals surface area contributed by atoms with Crippen molar-refractivity contribution in [2.24, 2.45) is 0 Å². The molecule has 0 aromatic rings. The minimum atomic E-state index is -3.84. The maximum atomic E-state index is 11.7. The minimum absolute atomic E-state index is 1.37. The molecule has 0 amide bonds. The first-order chi connectivity index (χ1) is 3.25. The van der Waals surface area contributed by atoms with Crippen molar-refractivity contribution in [3.63, 3.8) is 0 Å². The van der Waals surface area contributed by atoms with E-state index < -0.39 is 24.9 Å². The average molecular weight is 321 g/mol. The van der Waals surface area contributed by atoms with Gasteiger partial charge in [-0.2, -0.15) is 0 Å². The number of alkyl halides is 3. The van der Waals surface area contributed by atoms with Gasteiger partial charge in [0.2, 0.25) is 0 Å². The number of halogens is 3. The first-order valence-electron chi connectivity index (χ1n) is 2.32. The standard InChI is InChI=1S/CF3.3CH3.Pb/c2-1(3)4;;;;/h;3*1H3;. The van der Waals surface area contributed by atoms with Crippen LogP contribution < -0.4 is 0 Å². The second-order valence-electron chi connectivity index (χ2n) is 2.75. The molecule has 0 aromatic heterocycles. The van der Waals surface area contributed by atoms with E-state index in [9.17, 15) is 13.2 Å². The second-order valence-corrected chi connectivity index (χ2v) is 22.4. The van der Waals surface area contributed by atoms with Crippen LogP contribution in [0.2, 0.25) is 13.4 Å². The van der Waals surface area contributed by atoms with Gasteiger partial charge in [0, 0.05) is 0 Å². The van der Waals surface area contributed by atoms with Crippen molar-refractivity contribution in [1.82, 2.24) is 0 Å². The molecule has 0 bridgehead atoms. The van der Waals surface area contributed by atoms with E-state index in [0.29, 0.717) is 0 Å². The van der Waals surface area contributed by atoms with Crippen molar-refractivity contribution < 1.29 is 13.2 Å². The molecule has 0 unspecified atom stereocenters. The Morgan fingerprint density at radius 1 is 1.00 bits per heavy atom. The van der Waals surface area contributed by atoms with Crippen LogP contribution in [-0.4, -0.2) is 24.9 Å². The van der Waals surface area contributed by atoms with Crippen LogP contribution in [0, 0.1) is 0 Å². The molecule has 0 aromatic carbocycles. The van der Waals surface area contributed by atoms with Crippen LogP contribution in [-0.2, 0) is 0 Å². The van der Waals surface area contributed by atoms with Gasteiger partial charge in [-0.25, -0.2) is 0 Å². The summed E-state index contributed by atoms with van der Waals surface area (Å²) >= 11 is -3.64. The predicted octanol–water partition coefficient (Wildman–Crippen LogP) is 2.43. The molecule has 0 aliphatic rings. The molecule has 0 nitrogen and oxygen atoms in total. The molecular formula is C4H9F3Pb. The Hall–Kier alpha value is 0.712. The van der Waals surface area contributed by atoms with Crippen LogP contribution >= 0.6 is 0 Å². The molecule has 0 N–H and O–H groups in total. The van der Waals surface area contributed by atoms with Crippen molar-refractivity contribution in [3.05, 3.63) is 0 Å². The third-order valence-corrected chi connectivity index (χ3v) is 7.46. The zero-order valence-electron chi connectivity index (χ0n) is 5.13. The topological polar surface area (TPSA) is 0 Å². The van der Waals surface area contributed by atoms with Crippen LogP contribution in [0.15, 0.2) is 0 Å². The molecular weight excluding hydrogens is 312 g/mol. The molecule has 50 valence electrons. The Balaban J connectivity index is 4.02. The summed E-state index contributed by atoms with van der Waals surface area (Å²) in [6, 6.07) is 0. The van der Waals surface area contributed by atoms with E-state index in [1.54, 1.807) is 0 Å². The Labute approximate surface area is 51.7 Å². The molecule has 0 fully saturated rings. The third-order valence-electron chi connectivity index (χ3n) is 0.850. The summed E-state index contributed by atoms with van der Waals surface area (Å²) in [4.78, 5) is 0. The van der Waals surface area contributed by atoms with Gasteiger partial charge in [0.1, 0.15) is 0 Å². The fourth-order valence-electron chi connectivity index (χ4n) is 0. The van der Waals surface area contributed by atoms with Gasteiger partial charge in [0.15, 0.2) is 0 Å². The summed E-state index contributed by atoms with van der Waals surface area (Å²) in [6.07, 6.45) is 0. The molecule has 0 aliphatic heterocycles. The van der Waals surface area contributed by atoms with Crippen LogP contribution in [0.4, 0.5) is 13.2 Å². The fraction of sp³-hybridized carbons (Fsp3) is 1.00. The number of hydrogen-bond donors (Lipinski definition) is 0. The molecule has 0 radical (unpaired) electrons. The van der Waals surface area contributed by atoms with Crippen LogP contribution in [0.25, 0.3) is 0 Å². The van der Waals surface area contributed by atoms with Gasteiger partial charge in [-0.3, -0.25) is 0 Å². The Kier molecular flexibility index (Phi) is 2.34. The van der Waals surface area contributed by atoms with Crippen molar-refractivity contribution >= 4 is 21.2 Å². The monoisotopic (exact) mass is 322 g/mol. The molecule has 0 aliphatic carbocycles. The maximum absolute atomic E-state index is 11.7. The quantitative estimate of drug-likeness (QED) is 0.601. The van der Waals surface area contributed by atoms with Gasteiger partial charge in [-0.15, -0.1) is 0 Å². The SMILES string of the molecule is [CH3][Pb]([CH3])([CH3])[C](F)(F)F. The molecule has 0 heterocycles. The zero-order chi connectivity index (χ0) is 7.00. The van der Waals surface area contributed by atoms with Gasteiger partial charge >= 0.3 is 51.5 Å². The van der Waals surface area contributed by atoms with Gasteiger partial charge in [0.05, 0.1) is 0 Å². The van der Waals surface area contributed by atoms with E-state index in [2.05, 4.69) is 0 Å². The Bertz CT molecular complexity index is 66.3. The normalized spacial score (nSPS) is 14.2. The predicted molar refractivity (Wildman–Crippen MR) is 29.4 cm³/mol. The van der Waals surface area contributed by atoms with E-state index in [0.717, 1.165) is 0 Å². The van der Waals surface area contributed by atoms with Crippen LogP contribution in [0.5, 0.6) is 0 Å². The van der Waals surface area contributed by atoms with Crippen molar-refractivity contribution in [1.29, 1.82) is 0 Å². The summed E-state index contributed by atoms with van der Waals surface area (Å²) in [5.74, 6) is 0. The number of hydrogen-bond acceptors (Lipinski definition) is 0. The molecule has 4 heteroatoms. The number of rotatable bonds is 0. The van der Waals surface area contributed by atoms with E-state index in [1.807, 2.05) is 0 Å². The van der Waals surface area contributed by atoms with Gasteiger partial charge in [-0.05, 0) is 0 Å².